The van der Waals surface area contributed by atoms with Crippen LogP contribution in [0.25, 0.3) is 11.1 Å². The van der Waals surface area contributed by atoms with E-state index in [4.69, 9.17) is 16.2 Å². The first-order chi connectivity index (χ1) is 14.4. The number of hydrogen-bond acceptors (Lipinski definition) is 6. The monoisotopic (exact) mass is 435 g/mol. The van der Waals surface area contributed by atoms with E-state index in [1.165, 1.54) is 11.1 Å². The lowest BCUT2D eigenvalue weighted by Crippen LogP contribution is -2.54. The van der Waals surface area contributed by atoms with Gasteiger partial charge in [-0.05, 0) is 54.8 Å². The van der Waals surface area contributed by atoms with Crippen LogP contribution in [-0.4, -0.2) is 17.6 Å². The summed E-state index contributed by atoms with van der Waals surface area (Å²) in [5, 5.41) is 0. The van der Waals surface area contributed by atoms with E-state index in [-0.39, 0.29) is 18.4 Å². The number of hydrogen-bond donors (Lipinski definition) is 2. The molecule has 0 radical (unpaired) electrons. The summed E-state index contributed by atoms with van der Waals surface area (Å²) < 4.78 is 5.95. The van der Waals surface area contributed by atoms with Crippen molar-refractivity contribution in [3.8, 4) is 16.9 Å². The highest BCUT2D eigenvalue weighted by Gasteiger charge is 2.32. The molecule has 1 aliphatic rings. The Bertz CT molecular complexity index is 1080. The lowest BCUT2D eigenvalue weighted by Gasteiger charge is -2.38. The van der Waals surface area contributed by atoms with Crippen molar-refractivity contribution in [2.45, 2.75) is 26.1 Å². The third-order valence-electron chi connectivity index (χ3n) is 4.96. The Labute approximate surface area is 188 Å². The van der Waals surface area contributed by atoms with Gasteiger partial charge in [-0.1, -0.05) is 54.6 Å². The molecule has 1 aliphatic heterocycles. The van der Waals surface area contributed by atoms with E-state index in [1.807, 2.05) is 61.2 Å². The van der Waals surface area contributed by atoms with Gasteiger partial charge in [0.25, 0.3) is 0 Å². The van der Waals surface area contributed by atoms with Crippen molar-refractivity contribution < 1.29 is 4.74 Å². The first-order valence-corrected chi connectivity index (χ1v) is 9.79. The summed E-state index contributed by atoms with van der Waals surface area (Å²) in [5.74, 6) is 1.28. The van der Waals surface area contributed by atoms with Crippen LogP contribution in [0.4, 0.5) is 5.69 Å². The third kappa shape index (κ3) is 4.98. The lowest BCUT2D eigenvalue weighted by atomic mass is 10.0. The largest absolute Gasteiger partial charge is 0.489 e. The van der Waals surface area contributed by atoms with Crippen molar-refractivity contribution in [3.63, 3.8) is 0 Å². The van der Waals surface area contributed by atoms with Gasteiger partial charge in [-0.15, -0.1) is 12.4 Å². The van der Waals surface area contributed by atoms with Crippen LogP contribution in [0, 0.1) is 0 Å². The summed E-state index contributed by atoms with van der Waals surface area (Å²) in [7, 11) is 0. The van der Waals surface area contributed by atoms with Gasteiger partial charge in [0.2, 0.25) is 11.9 Å². The van der Waals surface area contributed by atoms with Crippen LogP contribution in [0.15, 0.2) is 88.8 Å². The molecule has 0 amide bonds. The maximum Gasteiger partial charge on any atom is 0.220 e. The number of benzene rings is 3. The van der Waals surface area contributed by atoms with Gasteiger partial charge in [0.05, 0.1) is 0 Å². The number of rotatable bonds is 5. The predicted octanol–water partition coefficient (Wildman–Crippen LogP) is 4.54. The molecule has 31 heavy (non-hydrogen) atoms. The summed E-state index contributed by atoms with van der Waals surface area (Å²) in [5.41, 5.74) is 15.6. The van der Waals surface area contributed by atoms with Gasteiger partial charge in [0.1, 0.15) is 18.0 Å². The van der Waals surface area contributed by atoms with Gasteiger partial charge in [-0.25, -0.2) is 4.99 Å². The van der Waals surface area contributed by atoms with E-state index in [1.54, 1.807) is 0 Å². The second-order valence-electron chi connectivity index (χ2n) is 7.62. The van der Waals surface area contributed by atoms with E-state index in [0.717, 1.165) is 17.0 Å². The first kappa shape index (κ1) is 22.2. The molecule has 7 heteroatoms. The second kappa shape index (κ2) is 9.10. The summed E-state index contributed by atoms with van der Waals surface area (Å²) in [6.45, 7) is 4.36. The van der Waals surface area contributed by atoms with Crippen LogP contribution in [0.2, 0.25) is 0 Å². The molecule has 0 spiro atoms. The number of aliphatic imine (C=N–C) groups is 2. The molecular weight excluding hydrogens is 410 g/mol. The molecule has 0 atom stereocenters. The number of anilines is 1. The molecule has 3 aromatic rings. The van der Waals surface area contributed by atoms with Crippen molar-refractivity contribution in [2.24, 2.45) is 21.5 Å². The normalized spacial score (nSPS) is 14.8. The summed E-state index contributed by atoms with van der Waals surface area (Å²) >= 11 is 0. The van der Waals surface area contributed by atoms with E-state index >= 15 is 0 Å². The molecule has 0 aromatic heterocycles. The molecule has 4 N–H and O–H groups in total. The van der Waals surface area contributed by atoms with Gasteiger partial charge in [0, 0.05) is 5.69 Å². The highest BCUT2D eigenvalue weighted by molar-refractivity contribution is 6.05. The van der Waals surface area contributed by atoms with Crippen LogP contribution in [-0.2, 0) is 6.61 Å². The molecule has 0 aliphatic carbocycles. The third-order valence-corrected chi connectivity index (χ3v) is 4.96. The zero-order valence-electron chi connectivity index (χ0n) is 17.5. The first-order valence-electron chi connectivity index (χ1n) is 9.79. The van der Waals surface area contributed by atoms with E-state index in [9.17, 15) is 0 Å². The maximum atomic E-state index is 6.09. The van der Waals surface area contributed by atoms with Gasteiger partial charge in [-0.3, -0.25) is 4.90 Å². The predicted molar refractivity (Wildman–Crippen MR) is 130 cm³/mol. The van der Waals surface area contributed by atoms with Crippen molar-refractivity contribution in [1.29, 1.82) is 0 Å². The van der Waals surface area contributed by atoms with E-state index < -0.39 is 5.66 Å². The Hall–Kier alpha value is -3.51. The minimum Gasteiger partial charge on any atom is -0.489 e. The molecule has 160 valence electrons. The number of halogens is 1. The molecule has 0 saturated carbocycles. The highest BCUT2D eigenvalue weighted by atomic mass is 35.5. The fourth-order valence-electron chi connectivity index (χ4n) is 3.53. The van der Waals surface area contributed by atoms with Crippen LogP contribution >= 0.6 is 12.4 Å². The SMILES string of the molecule is CC1(C)N=C(N)N=C(N)N1c1ccc(OCc2ccc(-c3ccccc3)cc2)cc1.Cl. The van der Waals surface area contributed by atoms with Crippen LogP contribution in [0.5, 0.6) is 5.75 Å². The lowest BCUT2D eigenvalue weighted by molar-refractivity contribution is 0.306. The Morgan fingerprint density at radius 2 is 1.45 bits per heavy atom. The average molecular weight is 436 g/mol. The van der Waals surface area contributed by atoms with Crippen LogP contribution < -0.4 is 21.1 Å². The van der Waals surface area contributed by atoms with Crippen molar-refractivity contribution in [1.82, 2.24) is 0 Å². The molecule has 0 bridgehead atoms. The Kier molecular flexibility index (Phi) is 6.51. The second-order valence-corrected chi connectivity index (χ2v) is 7.62. The smallest absolute Gasteiger partial charge is 0.220 e. The number of guanidine groups is 2. The van der Waals surface area contributed by atoms with Crippen LogP contribution in [0.3, 0.4) is 0 Å². The molecule has 6 nitrogen and oxygen atoms in total. The zero-order valence-corrected chi connectivity index (χ0v) is 18.3. The molecule has 0 fully saturated rings. The Balaban J connectivity index is 0.00000272. The van der Waals surface area contributed by atoms with Crippen LogP contribution in [0.1, 0.15) is 19.4 Å². The number of nitrogens with two attached hydrogens (primary N) is 2. The van der Waals surface area contributed by atoms with Crippen molar-refractivity contribution in [2.75, 3.05) is 4.90 Å². The fourth-order valence-corrected chi connectivity index (χ4v) is 3.53. The van der Waals surface area contributed by atoms with Gasteiger partial charge in [0.15, 0.2) is 0 Å². The topological polar surface area (TPSA) is 89.2 Å². The number of nitrogens with zero attached hydrogens (tertiary/aromatic N) is 3. The van der Waals surface area contributed by atoms with E-state index in [2.05, 4.69) is 46.4 Å². The molecule has 4 rings (SSSR count). The maximum absolute atomic E-state index is 6.09. The molecule has 0 unspecified atom stereocenters. The van der Waals surface area contributed by atoms with Gasteiger partial charge in [-0.2, -0.15) is 4.99 Å². The average Bonchev–Trinajstić information content (AvgIpc) is 2.73. The quantitative estimate of drug-likeness (QED) is 0.615. The molecule has 0 saturated heterocycles. The molecule has 1 heterocycles. The summed E-state index contributed by atoms with van der Waals surface area (Å²) in [6, 6.07) is 26.4. The van der Waals surface area contributed by atoms with Gasteiger partial charge < -0.3 is 16.2 Å². The number of ether oxygens (including phenoxy) is 1. The Morgan fingerprint density at radius 3 is 2.06 bits per heavy atom. The fraction of sp³-hybridized carbons (Fsp3) is 0.167. The summed E-state index contributed by atoms with van der Waals surface area (Å²) in [6.07, 6.45) is 0. The Morgan fingerprint density at radius 1 is 0.839 bits per heavy atom. The summed E-state index contributed by atoms with van der Waals surface area (Å²) in [4.78, 5) is 10.3. The van der Waals surface area contributed by atoms with E-state index in [0.29, 0.717) is 12.6 Å². The minimum atomic E-state index is -0.612. The van der Waals surface area contributed by atoms with Gasteiger partial charge >= 0.3 is 0 Å². The van der Waals surface area contributed by atoms with Crippen molar-refractivity contribution in [3.05, 3.63) is 84.4 Å². The standard InChI is InChI=1S/C24H25N5O.ClH/c1-24(2)28-22(25)27-23(26)29(24)20-12-14-21(15-13-20)30-16-17-8-10-19(11-9-17)18-6-4-3-5-7-18;/h3-15H,16H2,1-2H3,(H4,25,26,27,28);1H. The zero-order chi connectivity index (χ0) is 21.1. The molecule has 3 aromatic carbocycles. The molecular formula is C24H26ClN5O. The van der Waals surface area contributed by atoms with Crippen molar-refractivity contribution >= 4 is 30.0 Å². The highest BCUT2D eigenvalue weighted by Crippen LogP contribution is 2.29. The minimum absolute atomic E-state index is 0.